The molecule has 0 aliphatic carbocycles. The first-order chi connectivity index (χ1) is 12.3. The van der Waals surface area contributed by atoms with Crippen LogP contribution in [0.3, 0.4) is 0 Å². The van der Waals surface area contributed by atoms with Crippen LogP contribution in [-0.2, 0) is 6.61 Å². The van der Waals surface area contributed by atoms with E-state index in [-0.39, 0.29) is 0 Å². The lowest BCUT2D eigenvalue weighted by Gasteiger charge is -2.11. The molecule has 2 N–H and O–H groups in total. The summed E-state index contributed by atoms with van der Waals surface area (Å²) in [6, 6.07) is 11.7. The molecule has 4 rings (SSSR count). The zero-order valence-corrected chi connectivity index (χ0v) is 13.6. The summed E-state index contributed by atoms with van der Waals surface area (Å²) in [5.41, 5.74) is 3.54. The van der Waals surface area contributed by atoms with Gasteiger partial charge in [0, 0.05) is 11.9 Å². The van der Waals surface area contributed by atoms with Crippen molar-refractivity contribution in [3.63, 3.8) is 0 Å². The van der Waals surface area contributed by atoms with Crippen LogP contribution in [0.15, 0.2) is 55.1 Å². The molecule has 7 nitrogen and oxygen atoms in total. The van der Waals surface area contributed by atoms with Crippen molar-refractivity contribution in [2.24, 2.45) is 0 Å². The summed E-state index contributed by atoms with van der Waals surface area (Å²) in [5.74, 6) is 1.53. The van der Waals surface area contributed by atoms with Crippen LogP contribution < -0.4 is 10.1 Å². The summed E-state index contributed by atoms with van der Waals surface area (Å²) in [6.07, 6.45) is 4.96. The van der Waals surface area contributed by atoms with E-state index < -0.39 is 0 Å². The second-order valence-electron chi connectivity index (χ2n) is 5.57. The Morgan fingerprint density at radius 3 is 2.92 bits per heavy atom. The predicted molar refractivity (Wildman–Crippen MR) is 94.7 cm³/mol. The Morgan fingerprint density at radius 2 is 2.08 bits per heavy atom. The molecule has 0 aliphatic rings. The molecule has 7 heteroatoms. The Labute approximate surface area is 144 Å². The molecular weight excluding hydrogens is 316 g/mol. The maximum atomic E-state index is 5.85. The molecule has 0 amide bonds. The van der Waals surface area contributed by atoms with Gasteiger partial charge in [0.25, 0.3) is 0 Å². The van der Waals surface area contributed by atoms with Crippen molar-refractivity contribution in [1.29, 1.82) is 0 Å². The van der Waals surface area contributed by atoms with Gasteiger partial charge in [0.05, 0.1) is 17.3 Å². The van der Waals surface area contributed by atoms with Gasteiger partial charge in [-0.2, -0.15) is 5.10 Å². The predicted octanol–water partition coefficient (Wildman–Crippen LogP) is 3.38. The van der Waals surface area contributed by atoms with E-state index in [2.05, 4.69) is 30.5 Å². The third-order valence-corrected chi connectivity index (χ3v) is 3.79. The fourth-order valence-electron chi connectivity index (χ4n) is 2.53. The van der Waals surface area contributed by atoms with Gasteiger partial charge in [-0.25, -0.2) is 9.97 Å². The Balaban J connectivity index is 1.51. The maximum Gasteiger partial charge on any atom is 0.160 e. The highest BCUT2D eigenvalue weighted by Crippen LogP contribution is 2.26. The molecular formula is C18H16N6O. The number of aryl methyl sites for hydroxylation is 1. The lowest BCUT2D eigenvalue weighted by Crippen LogP contribution is -2.00. The van der Waals surface area contributed by atoms with Gasteiger partial charge in [-0.05, 0) is 42.8 Å². The lowest BCUT2D eigenvalue weighted by atomic mass is 10.2. The van der Waals surface area contributed by atoms with E-state index >= 15 is 0 Å². The molecule has 25 heavy (non-hydrogen) atoms. The molecule has 0 unspecified atom stereocenters. The quantitative estimate of drug-likeness (QED) is 0.582. The number of aromatic amines is 1. The number of nitrogens with one attached hydrogen (secondary N) is 2. The van der Waals surface area contributed by atoms with Gasteiger partial charge in [0.15, 0.2) is 5.65 Å². The first-order valence-electron chi connectivity index (χ1n) is 7.84. The fraction of sp³-hybridized carbons (Fsp3) is 0.111. The molecule has 0 radical (unpaired) electrons. The minimum Gasteiger partial charge on any atom is -0.487 e. The summed E-state index contributed by atoms with van der Waals surface area (Å²) >= 11 is 0. The van der Waals surface area contributed by atoms with E-state index in [1.54, 1.807) is 12.4 Å². The van der Waals surface area contributed by atoms with Crippen LogP contribution in [0.4, 0.5) is 11.5 Å². The van der Waals surface area contributed by atoms with E-state index in [0.29, 0.717) is 18.1 Å². The van der Waals surface area contributed by atoms with E-state index in [9.17, 15) is 0 Å². The summed E-state index contributed by atoms with van der Waals surface area (Å²) in [6.45, 7) is 2.45. The molecule has 0 fully saturated rings. The number of ether oxygens (including phenoxy) is 1. The normalized spacial score (nSPS) is 10.8. The van der Waals surface area contributed by atoms with E-state index in [0.717, 1.165) is 28.1 Å². The number of fused-ring (bicyclic) bond motifs is 1. The molecule has 0 spiro atoms. The molecule has 0 saturated heterocycles. The fourth-order valence-corrected chi connectivity index (χ4v) is 2.53. The second kappa shape index (κ2) is 6.56. The van der Waals surface area contributed by atoms with Crippen LogP contribution in [0.25, 0.3) is 11.0 Å². The molecule has 0 saturated carbocycles. The van der Waals surface area contributed by atoms with Crippen molar-refractivity contribution in [1.82, 2.24) is 25.1 Å². The summed E-state index contributed by atoms with van der Waals surface area (Å²) in [7, 11) is 0. The van der Waals surface area contributed by atoms with E-state index in [1.165, 1.54) is 6.33 Å². The van der Waals surface area contributed by atoms with Crippen molar-refractivity contribution in [3.8, 4) is 5.75 Å². The minimum absolute atomic E-state index is 0.440. The average molecular weight is 332 g/mol. The number of hydrogen-bond donors (Lipinski definition) is 2. The summed E-state index contributed by atoms with van der Waals surface area (Å²) < 4.78 is 5.85. The van der Waals surface area contributed by atoms with Gasteiger partial charge in [-0.1, -0.05) is 6.07 Å². The minimum atomic E-state index is 0.440. The Morgan fingerprint density at radius 1 is 1.12 bits per heavy atom. The largest absolute Gasteiger partial charge is 0.487 e. The van der Waals surface area contributed by atoms with Crippen molar-refractivity contribution < 1.29 is 4.74 Å². The standard InChI is InChI=1S/C18H16N6O/c1-12-8-13(23-17-15-9-22-24-18(15)21-11-20-17)5-6-16(12)25-10-14-4-2-3-7-19-14/h2-9,11H,10H2,1H3,(H2,20,21,22,23,24). The van der Waals surface area contributed by atoms with Crippen molar-refractivity contribution in [3.05, 3.63) is 66.4 Å². The number of nitrogens with zero attached hydrogens (tertiary/aromatic N) is 4. The molecule has 4 aromatic rings. The number of rotatable bonds is 5. The highest BCUT2D eigenvalue weighted by molar-refractivity contribution is 5.87. The molecule has 1 aromatic carbocycles. The third kappa shape index (κ3) is 3.25. The van der Waals surface area contributed by atoms with E-state index in [1.807, 2.05) is 43.3 Å². The lowest BCUT2D eigenvalue weighted by molar-refractivity contribution is 0.299. The Bertz CT molecular complexity index is 999. The second-order valence-corrected chi connectivity index (χ2v) is 5.57. The molecule has 0 atom stereocenters. The first kappa shape index (κ1) is 15.1. The number of anilines is 2. The van der Waals surface area contributed by atoms with Crippen LogP contribution >= 0.6 is 0 Å². The SMILES string of the molecule is Cc1cc(Nc2ncnc3[nH]ncc23)ccc1OCc1ccccn1. The van der Waals surface area contributed by atoms with Crippen LogP contribution in [-0.4, -0.2) is 25.1 Å². The maximum absolute atomic E-state index is 5.85. The average Bonchev–Trinajstić information content (AvgIpc) is 3.12. The Kier molecular flexibility index (Phi) is 3.96. The van der Waals surface area contributed by atoms with Crippen LogP contribution in [0.2, 0.25) is 0 Å². The number of hydrogen-bond acceptors (Lipinski definition) is 6. The number of pyridine rings is 1. The first-order valence-corrected chi connectivity index (χ1v) is 7.84. The van der Waals surface area contributed by atoms with Gasteiger partial charge in [0.2, 0.25) is 0 Å². The highest BCUT2D eigenvalue weighted by Gasteiger charge is 2.07. The van der Waals surface area contributed by atoms with E-state index in [4.69, 9.17) is 4.74 Å². The topological polar surface area (TPSA) is 88.6 Å². The molecule has 3 heterocycles. The van der Waals surface area contributed by atoms with Crippen LogP contribution in [0.1, 0.15) is 11.3 Å². The molecule has 0 aliphatic heterocycles. The van der Waals surface area contributed by atoms with Crippen LogP contribution in [0, 0.1) is 6.92 Å². The third-order valence-electron chi connectivity index (χ3n) is 3.79. The van der Waals surface area contributed by atoms with Gasteiger partial charge < -0.3 is 10.1 Å². The zero-order valence-electron chi connectivity index (χ0n) is 13.6. The molecule has 124 valence electrons. The molecule has 0 bridgehead atoms. The summed E-state index contributed by atoms with van der Waals surface area (Å²) in [5, 5.41) is 11.0. The van der Waals surface area contributed by atoms with Crippen molar-refractivity contribution in [2.75, 3.05) is 5.32 Å². The van der Waals surface area contributed by atoms with Gasteiger partial charge in [-0.3, -0.25) is 10.1 Å². The highest BCUT2D eigenvalue weighted by atomic mass is 16.5. The van der Waals surface area contributed by atoms with Crippen LogP contribution in [0.5, 0.6) is 5.75 Å². The number of benzene rings is 1. The Hall–Kier alpha value is -3.48. The summed E-state index contributed by atoms with van der Waals surface area (Å²) in [4.78, 5) is 12.7. The van der Waals surface area contributed by atoms with Crippen molar-refractivity contribution >= 4 is 22.5 Å². The smallest absolute Gasteiger partial charge is 0.160 e. The number of aromatic nitrogens is 5. The zero-order chi connectivity index (χ0) is 17.1. The monoisotopic (exact) mass is 332 g/mol. The van der Waals surface area contributed by atoms with Gasteiger partial charge >= 0.3 is 0 Å². The number of H-pyrrole nitrogens is 1. The van der Waals surface area contributed by atoms with Gasteiger partial charge in [-0.15, -0.1) is 0 Å². The van der Waals surface area contributed by atoms with Gasteiger partial charge in [0.1, 0.15) is 24.5 Å². The van der Waals surface area contributed by atoms with Crippen molar-refractivity contribution in [2.45, 2.75) is 13.5 Å². The molecule has 3 aromatic heterocycles.